The lowest BCUT2D eigenvalue weighted by Crippen LogP contribution is -2.44. The zero-order chi connectivity index (χ0) is 25.8. The quantitative estimate of drug-likeness (QED) is 0.288. The molecule has 186 valence electrons. The molecule has 0 fully saturated rings. The number of hydrogen-bond acceptors (Lipinski definition) is 9. The number of hydrogen-bond donors (Lipinski definition) is 3. The number of aliphatic hydroxyl groups is 1. The summed E-state index contributed by atoms with van der Waals surface area (Å²) in [6, 6.07) is 15.6. The Kier molecular flexibility index (Phi) is 7.10. The molecule has 1 unspecified atom stereocenters. The van der Waals surface area contributed by atoms with Gasteiger partial charge >= 0.3 is 0 Å². The van der Waals surface area contributed by atoms with E-state index in [0.29, 0.717) is 11.1 Å². The number of aromatic nitrogens is 3. The largest absolute Gasteiger partial charge is 0.416 e. The number of anilines is 2. The highest BCUT2D eigenvalue weighted by Crippen LogP contribution is 2.27. The minimum atomic E-state index is -4.01. The van der Waals surface area contributed by atoms with Crippen molar-refractivity contribution in [2.45, 2.75) is 24.0 Å². The summed E-state index contributed by atoms with van der Waals surface area (Å²) in [6.45, 7) is 1.59. The van der Waals surface area contributed by atoms with Gasteiger partial charge in [-0.3, -0.25) is 14.5 Å². The monoisotopic (exact) mass is 509 g/mol. The zero-order valence-electron chi connectivity index (χ0n) is 19.4. The van der Waals surface area contributed by atoms with E-state index < -0.39 is 21.7 Å². The SMILES string of the molecule is CCC(O)(OC)C(=O)Nc1cccc(NS(=O)(=O)c2cccc(-c3nnc(-c4cccnc4)o3)c2)c1. The fourth-order valence-electron chi connectivity index (χ4n) is 3.24. The summed E-state index contributed by atoms with van der Waals surface area (Å²) in [5.41, 5.74) is 1.52. The van der Waals surface area contributed by atoms with Crippen molar-refractivity contribution in [2.75, 3.05) is 17.1 Å². The van der Waals surface area contributed by atoms with E-state index in [1.807, 2.05) is 0 Å². The Morgan fingerprint density at radius 1 is 1.03 bits per heavy atom. The number of benzene rings is 2. The number of amides is 1. The normalized spacial score (nSPS) is 13.1. The van der Waals surface area contributed by atoms with Crippen LogP contribution in [-0.2, 0) is 19.6 Å². The van der Waals surface area contributed by atoms with Gasteiger partial charge in [-0.25, -0.2) is 8.42 Å². The molecule has 12 heteroatoms. The molecule has 1 amide bonds. The summed E-state index contributed by atoms with van der Waals surface area (Å²) in [5, 5.41) is 20.7. The first-order valence-electron chi connectivity index (χ1n) is 10.8. The van der Waals surface area contributed by atoms with E-state index >= 15 is 0 Å². The molecular weight excluding hydrogens is 486 g/mol. The molecule has 4 aromatic rings. The van der Waals surface area contributed by atoms with Crippen LogP contribution in [0.1, 0.15) is 13.3 Å². The average Bonchev–Trinajstić information content (AvgIpc) is 3.39. The summed E-state index contributed by atoms with van der Waals surface area (Å²) in [6.07, 6.45) is 3.23. The lowest BCUT2D eigenvalue weighted by molar-refractivity contribution is -0.192. The highest BCUT2D eigenvalue weighted by Gasteiger charge is 2.34. The topological polar surface area (TPSA) is 157 Å². The van der Waals surface area contributed by atoms with E-state index in [1.165, 1.54) is 31.4 Å². The lowest BCUT2D eigenvalue weighted by Gasteiger charge is -2.23. The van der Waals surface area contributed by atoms with Gasteiger partial charge in [0.15, 0.2) is 0 Å². The smallest absolute Gasteiger partial charge is 0.284 e. The molecule has 0 spiro atoms. The third-order valence-electron chi connectivity index (χ3n) is 5.27. The predicted molar refractivity (Wildman–Crippen MR) is 131 cm³/mol. The summed E-state index contributed by atoms with van der Waals surface area (Å²) >= 11 is 0. The van der Waals surface area contributed by atoms with Gasteiger partial charge in [0.2, 0.25) is 17.6 Å². The molecular formula is C24H23N5O6S. The van der Waals surface area contributed by atoms with Crippen molar-refractivity contribution in [1.29, 1.82) is 0 Å². The van der Waals surface area contributed by atoms with Crippen LogP contribution >= 0.6 is 0 Å². The first-order chi connectivity index (χ1) is 17.2. The molecule has 0 saturated heterocycles. The molecule has 11 nitrogen and oxygen atoms in total. The van der Waals surface area contributed by atoms with Gasteiger partial charge in [-0.05, 0) is 48.5 Å². The van der Waals surface area contributed by atoms with Gasteiger partial charge in [-0.2, -0.15) is 0 Å². The van der Waals surface area contributed by atoms with Crippen LogP contribution in [0.15, 0.2) is 82.4 Å². The number of carbonyl (C=O) groups excluding carboxylic acids is 1. The van der Waals surface area contributed by atoms with Gasteiger partial charge in [0, 0.05) is 37.2 Å². The number of rotatable bonds is 9. The first kappa shape index (κ1) is 25.0. The van der Waals surface area contributed by atoms with Crippen LogP contribution in [0.25, 0.3) is 22.9 Å². The molecule has 0 aliphatic rings. The molecule has 2 heterocycles. The first-order valence-corrected chi connectivity index (χ1v) is 12.3. The zero-order valence-corrected chi connectivity index (χ0v) is 20.2. The van der Waals surface area contributed by atoms with Crippen molar-refractivity contribution in [3.63, 3.8) is 0 Å². The maximum Gasteiger partial charge on any atom is 0.284 e. The van der Waals surface area contributed by atoms with E-state index in [4.69, 9.17) is 9.15 Å². The molecule has 3 N–H and O–H groups in total. The minimum Gasteiger partial charge on any atom is -0.416 e. The van der Waals surface area contributed by atoms with Crippen molar-refractivity contribution in [1.82, 2.24) is 15.2 Å². The molecule has 0 radical (unpaired) electrons. The Morgan fingerprint density at radius 3 is 2.42 bits per heavy atom. The van der Waals surface area contributed by atoms with E-state index in [1.54, 1.807) is 55.7 Å². The van der Waals surface area contributed by atoms with Crippen LogP contribution in [0.4, 0.5) is 11.4 Å². The average molecular weight is 510 g/mol. The van der Waals surface area contributed by atoms with Crippen LogP contribution in [0.3, 0.4) is 0 Å². The molecule has 0 aliphatic heterocycles. The second-order valence-electron chi connectivity index (χ2n) is 7.66. The van der Waals surface area contributed by atoms with Crippen molar-refractivity contribution in [2.24, 2.45) is 0 Å². The summed E-state index contributed by atoms with van der Waals surface area (Å²) in [4.78, 5) is 16.3. The molecule has 36 heavy (non-hydrogen) atoms. The van der Waals surface area contributed by atoms with E-state index in [-0.39, 0.29) is 34.5 Å². The third kappa shape index (κ3) is 5.40. The van der Waals surface area contributed by atoms with Gasteiger partial charge in [0.1, 0.15) is 0 Å². The molecule has 1 atom stereocenters. The number of methoxy groups -OCH3 is 1. The molecule has 2 aromatic carbocycles. The maximum absolute atomic E-state index is 13.1. The van der Waals surface area contributed by atoms with Crippen molar-refractivity contribution in [3.05, 3.63) is 73.1 Å². The Bertz CT molecular complexity index is 1470. The number of nitrogens with zero attached hydrogens (tertiary/aromatic N) is 3. The standard InChI is InChI=1S/C24H23N5O6S/c1-3-24(31,34-2)23(30)26-18-9-5-10-19(14-18)29-36(32,33)20-11-4-7-16(13-20)21-27-28-22(35-21)17-8-6-12-25-15-17/h4-15,29,31H,3H2,1-2H3,(H,26,30). The summed E-state index contributed by atoms with van der Waals surface area (Å²) in [5.74, 6) is -2.36. The molecule has 2 aromatic heterocycles. The number of pyridine rings is 1. The highest BCUT2D eigenvalue weighted by molar-refractivity contribution is 7.92. The second-order valence-corrected chi connectivity index (χ2v) is 9.35. The van der Waals surface area contributed by atoms with E-state index in [0.717, 1.165) is 0 Å². The van der Waals surface area contributed by atoms with Crippen LogP contribution < -0.4 is 10.0 Å². The number of nitrogens with one attached hydrogen (secondary N) is 2. The highest BCUT2D eigenvalue weighted by atomic mass is 32.2. The molecule has 0 saturated carbocycles. The van der Waals surface area contributed by atoms with Crippen LogP contribution in [0, 0.1) is 0 Å². The Balaban J connectivity index is 1.54. The van der Waals surface area contributed by atoms with Gasteiger partial charge < -0.3 is 19.6 Å². The van der Waals surface area contributed by atoms with Crippen LogP contribution in [0.5, 0.6) is 0 Å². The van der Waals surface area contributed by atoms with Gasteiger partial charge in [0.05, 0.1) is 16.1 Å². The van der Waals surface area contributed by atoms with E-state index in [2.05, 4.69) is 25.2 Å². The van der Waals surface area contributed by atoms with Crippen LogP contribution in [-0.4, -0.2) is 47.5 Å². The number of carbonyl (C=O) groups is 1. The van der Waals surface area contributed by atoms with Gasteiger partial charge in [0.25, 0.3) is 15.9 Å². The fourth-order valence-corrected chi connectivity index (χ4v) is 4.34. The fraction of sp³-hybridized carbons (Fsp3) is 0.167. The van der Waals surface area contributed by atoms with Crippen molar-refractivity contribution in [3.8, 4) is 22.9 Å². The predicted octanol–water partition coefficient (Wildman–Crippen LogP) is 3.28. The Morgan fingerprint density at radius 2 is 1.72 bits per heavy atom. The minimum absolute atomic E-state index is 0.0295. The van der Waals surface area contributed by atoms with E-state index in [9.17, 15) is 18.3 Å². The number of ether oxygens (including phenoxy) is 1. The van der Waals surface area contributed by atoms with Crippen molar-refractivity contribution >= 4 is 27.3 Å². The second kappa shape index (κ2) is 10.2. The van der Waals surface area contributed by atoms with Gasteiger partial charge in [-0.15, -0.1) is 10.2 Å². The van der Waals surface area contributed by atoms with Crippen molar-refractivity contribution < 1.29 is 27.5 Å². The summed E-state index contributed by atoms with van der Waals surface area (Å²) in [7, 11) is -2.79. The maximum atomic E-state index is 13.1. The number of sulfonamides is 1. The van der Waals surface area contributed by atoms with Crippen LogP contribution in [0.2, 0.25) is 0 Å². The molecule has 0 aliphatic carbocycles. The van der Waals surface area contributed by atoms with Gasteiger partial charge in [-0.1, -0.05) is 19.1 Å². The summed E-state index contributed by atoms with van der Waals surface area (Å²) < 4.78 is 39.2. The lowest BCUT2D eigenvalue weighted by atomic mass is 10.2. The molecule has 4 rings (SSSR count). The Hall–Kier alpha value is -4.13. The third-order valence-corrected chi connectivity index (χ3v) is 6.65. The Labute approximate surface area is 207 Å². The molecule has 0 bridgehead atoms.